The van der Waals surface area contributed by atoms with Crippen LogP contribution in [0, 0.1) is 13.8 Å². The Kier molecular flexibility index (Phi) is 5.28. The van der Waals surface area contributed by atoms with Crippen LogP contribution in [0.3, 0.4) is 0 Å². The van der Waals surface area contributed by atoms with Crippen molar-refractivity contribution >= 4 is 27.3 Å². The van der Waals surface area contributed by atoms with E-state index < -0.39 is 10.0 Å². The predicted octanol–water partition coefficient (Wildman–Crippen LogP) is 4.36. The van der Waals surface area contributed by atoms with Crippen molar-refractivity contribution in [1.29, 1.82) is 0 Å². The summed E-state index contributed by atoms with van der Waals surface area (Å²) in [5.74, 6) is -0.371. The molecule has 0 aliphatic rings. The smallest absolute Gasteiger partial charge is 0.261 e. The highest BCUT2D eigenvalue weighted by molar-refractivity contribution is 7.92. The standard InChI is InChI=1S/C21H20N2O3S/c1-15-11-12-20(16(2)13-15)23-27(25,26)19-10-6-7-17(14-19)21(24)22-18-8-4-3-5-9-18/h3-14,23H,1-2H3,(H,22,24). The van der Waals surface area contributed by atoms with Crippen LogP contribution in [0.15, 0.2) is 77.7 Å². The molecule has 3 aromatic rings. The Morgan fingerprint density at radius 1 is 0.852 bits per heavy atom. The van der Waals surface area contributed by atoms with Gasteiger partial charge >= 0.3 is 0 Å². The largest absolute Gasteiger partial charge is 0.322 e. The Labute approximate surface area is 159 Å². The number of sulfonamides is 1. The van der Waals surface area contributed by atoms with Crippen LogP contribution in [-0.2, 0) is 10.0 Å². The summed E-state index contributed by atoms with van der Waals surface area (Å²) in [6.07, 6.45) is 0. The van der Waals surface area contributed by atoms with Gasteiger partial charge in [-0.15, -0.1) is 0 Å². The van der Waals surface area contributed by atoms with Crippen LogP contribution in [0.4, 0.5) is 11.4 Å². The van der Waals surface area contributed by atoms with Crippen molar-refractivity contribution in [2.24, 2.45) is 0 Å². The molecule has 6 heteroatoms. The number of benzene rings is 3. The molecule has 0 aromatic heterocycles. The zero-order chi connectivity index (χ0) is 19.4. The first kappa shape index (κ1) is 18.7. The summed E-state index contributed by atoms with van der Waals surface area (Å²) in [7, 11) is -3.81. The molecule has 3 aromatic carbocycles. The summed E-state index contributed by atoms with van der Waals surface area (Å²) in [5.41, 5.74) is 3.30. The summed E-state index contributed by atoms with van der Waals surface area (Å²) in [4.78, 5) is 12.4. The van der Waals surface area contributed by atoms with Gasteiger partial charge in [-0.2, -0.15) is 0 Å². The predicted molar refractivity (Wildman–Crippen MR) is 108 cm³/mol. The van der Waals surface area contributed by atoms with Crippen LogP contribution >= 0.6 is 0 Å². The summed E-state index contributed by atoms with van der Waals surface area (Å²) < 4.78 is 28.0. The number of aryl methyl sites for hydroxylation is 2. The third-order valence-corrected chi connectivity index (χ3v) is 5.43. The van der Waals surface area contributed by atoms with Crippen LogP contribution in [0.1, 0.15) is 21.5 Å². The van der Waals surface area contributed by atoms with Gasteiger partial charge in [0.05, 0.1) is 10.6 Å². The molecule has 27 heavy (non-hydrogen) atoms. The second kappa shape index (κ2) is 7.63. The molecule has 1 amide bonds. The number of nitrogens with one attached hydrogen (secondary N) is 2. The topological polar surface area (TPSA) is 75.3 Å². The fourth-order valence-electron chi connectivity index (χ4n) is 2.66. The summed E-state index contributed by atoms with van der Waals surface area (Å²) in [6, 6.07) is 20.4. The SMILES string of the molecule is Cc1ccc(NS(=O)(=O)c2cccc(C(=O)Nc3ccccc3)c2)c(C)c1. The fourth-order valence-corrected chi connectivity index (χ4v) is 3.84. The molecule has 0 radical (unpaired) electrons. The van der Waals surface area contributed by atoms with E-state index in [1.165, 1.54) is 12.1 Å². The first-order valence-electron chi connectivity index (χ1n) is 8.42. The molecule has 2 N–H and O–H groups in total. The number of hydrogen-bond acceptors (Lipinski definition) is 3. The Balaban J connectivity index is 1.84. The van der Waals surface area contributed by atoms with Crippen LogP contribution in [0.2, 0.25) is 0 Å². The zero-order valence-corrected chi connectivity index (χ0v) is 15.9. The second-order valence-electron chi connectivity index (χ2n) is 6.27. The van der Waals surface area contributed by atoms with E-state index >= 15 is 0 Å². The molecule has 0 atom stereocenters. The summed E-state index contributed by atoms with van der Waals surface area (Å²) in [6.45, 7) is 3.79. The summed E-state index contributed by atoms with van der Waals surface area (Å²) >= 11 is 0. The molecule has 5 nitrogen and oxygen atoms in total. The van der Waals surface area contributed by atoms with Gasteiger partial charge in [0, 0.05) is 11.3 Å². The third kappa shape index (κ3) is 4.54. The van der Waals surface area contributed by atoms with Crippen LogP contribution < -0.4 is 10.0 Å². The maximum absolute atomic E-state index is 12.7. The van der Waals surface area contributed by atoms with Crippen molar-refractivity contribution < 1.29 is 13.2 Å². The van der Waals surface area contributed by atoms with Crippen LogP contribution in [-0.4, -0.2) is 14.3 Å². The van der Waals surface area contributed by atoms with Crippen molar-refractivity contribution in [3.63, 3.8) is 0 Å². The molecule has 0 fully saturated rings. The Morgan fingerprint density at radius 3 is 2.30 bits per heavy atom. The molecule has 3 rings (SSSR count). The second-order valence-corrected chi connectivity index (χ2v) is 7.95. The monoisotopic (exact) mass is 380 g/mol. The van der Waals surface area contributed by atoms with Crippen molar-refractivity contribution in [2.75, 3.05) is 10.0 Å². The number of carbonyl (C=O) groups excluding carboxylic acids is 1. The van der Waals surface area contributed by atoms with Crippen molar-refractivity contribution in [2.45, 2.75) is 18.7 Å². The number of carbonyl (C=O) groups is 1. The molecule has 0 aliphatic carbocycles. The molecular formula is C21H20N2O3S. The molecule has 0 bridgehead atoms. The minimum Gasteiger partial charge on any atom is -0.322 e. The van der Waals surface area contributed by atoms with Gasteiger partial charge in [-0.25, -0.2) is 8.42 Å². The quantitative estimate of drug-likeness (QED) is 0.691. The lowest BCUT2D eigenvalue weighted by Gasteiger charge is -2.12. The number of amides is 1. The average Bonchev–Trinajstić information content (AvgIpc) is 2.65. The first-order chi connectivity index (χ1) is 12.8. The lowest BCUT2D eigenvalue weighted by Crippen LogP contribution is -2.16. The van der Waals surface area contributed by atoms with E-state index in [0.29, 0.717) is 11.4 Å². The zero-order valence-electron chi connectivity index (χ0n) is 15.1. The van der Waals surface area contributed by atoms with Gasteiger partial charge in [0.1, 0.15) is 0 Å². The van der Waals surface area contributed by atoms with Gasteiger partial charge in [0.25, 0.3) is 15.9 Å². The van der Waals surface area contributed by atoms with Gasteiger partial charge in [0.15, 0.2) is 0 Å². The number of hydrogen-bond donors (Lipinski definition) is 2. The Bertz CT molecular complexity index is 1080. The molecule has 0 heterocycles. The molecule has 0 spiro atoms. The molecule has 0 aliphatic heterocycles. The molecule has 138 valence electrons. The van der Waals surface area contributed by atoms with Gasteiger partial charge in [0.2, 0.25) is 0 Å². The number of rotatable bonds is 5. The van der Waals surface area contributed by atoms with E-state index in [1.54, 1.807) is 30.3 Å². The summed E-state index contributed by atoms with van der Waals surface area (Å²) in [5, 5.41) is 2.75. The van der Waals surface area contributed by atoms with Crippen LogP contribution in [0.5, 0.6) is 0 Å². The van der Waals surface area contributed by atoms with E-state index in [1.807, 2.05) is 44.2 Å². The number of anilines is 2. The van der Waals surface area contributed by atoms with E-state index in [-0.39, 0.29) is 16.4 Å². The lowest BCUT2D eigenvalue weighted by atomic mass is 10.1. The van der Waals surface area contributed by atoms with Crippen molar-refractivity contribution in [3.8, 4) is 0 Å². The molecule has 0 unspecified atom stereocenters. The first-order valence-corrected chi connectivity index (χ1v) is 9.90. The maximum atomic E-state index is 12.7. The minimum absolute atomic E-state index is 0.0307. The highest BCUT2D eigenvalue weighted by Gasteiger charge is 2.17. The van der Waals surface area contributed by atoms with Gasteiger partial charge < -0.3 is 5.32 Å². The maximum Gasteiger partial charge on any atom is 0.261 e. The molecular weight excluding hydrogens is 360 g/mol. The number of para-hydroxylation sites is 1. The normalized spacial score (nSPS) is 11.0. The van der Waals surface area contributed by atoms with Crippen LogP contribution in [0.25, 0.3) is 0 Å². The van der Waals surface area contributed by atoms with E-state index in [0.717, 1.165) is 11.1 Å². The van der Waals surface area contributed by atoms with Gasteiger partial charge in [-0.05, 0) is 55.8 Å². The Morgan fingerprint density at radius 2 is 1.59 bits per heavy atom. The van der Waals surface area contributed by atoms with E-state index in [4.69, 9.17) is 0 Å². The van der Waals surface area contributed by atoms with Crippen molar-refractivity contribution in [1.82, 2.24) is 0 Å². The van der Waals surface area contributed by atoms with Gasteiger partial charge in [-0.3, -0.25) is 9.52 Å². The lowest BCUT2D eigenvalue weighted by molar-refractivity contribution is 0.102. The van der Waals surface area contributed by atoms with Crippen molar-refractivity contribution in [3.05, 3.63) is 89.5 Å². The molecule has 0 saturated carbocycles. The van der Waals surface area contributed by atoms with E-state index in [9.17, 15) is 13.2 Å². The minimum atomic E-state index is -3.81. The Hall–Kier alpha value is -3.12. The average molecular weight is 380 g/mol. The highest BCUT2D eigenvalue weighted by Crippen LogP contribution is 2.21. The highest BCUT2D eigenvalue weighted by atomic mass is 32.2. The van der Waals surface area contributed by atoms with E-state index in [2.05, 4.69) is 10.0 Å². The fraction of sp³-hybridized carbons (Fsp3) is 0.0952. The van der Waals surface area contributed by atoms with Gasteiger partial charge in [-0.1, -0.05) is 42.0 Å². The third-order valence-electron chi connectivity index (χ3n) is 4.06. The molecule has 0 saturated heterocycles.